The summed E-state index contributed by atoms with van der Waals surface area (Å²) in [5, 5.41) is 2.67. The predicted molar refractivity (Wildman–Crippen MR) is 88.7 cm³/mol. The van der Waals surface area contributed by atoms with Gasteiger partial charge in [-0.1, -0.05) is 60.7 Å². The van der Waals surface area contributed by atoms with Gasteiger partial charge in [0.05, 0.1) is 0 Å². The molecule has 4 nitrogen and oxygen atoms in total. The Morgan fingerprint density at radius 1 is 1.00 bits per heavy atom. The summed E-state index contributed by atoms with van der Waals surface area (Å²) in [6.45, 7) is 3.21. The van der Waals surface area contributed by atoms with Crippen molar-refractivity contribution in [1.82, 2.24) is 5.32 Å². The van der Waals surface area contributed by atoms with Crippen molar-refractivity contribution < 1.29 is 14.3 Å². The van der Waals surface area contributed by atoms with Gasteiger partial charge in [0, 0.05) is 13.3 Å². The van der Waals surface area contributed by atoms with E-state index in [0.29, 0.717) is 6.42 Å². The first-order valence-electron chi connectivity index (χ1n) is 7.62. The first-order valence-corrected chi connectivity index (χ1v) is 7.62. The number of nitrogens with one attached hydrogen (secondary N) is 1. The van der Waals surface area contributed by atoms with Gasteiger partial charge >= 0.3 is 5.97 Å². The van der Waals surface area contributed by atoms with Crippen LogP contribution in [0.5, 0.6) is 0 Å². The number of carbonyl (C=O) groups excluding carboxylic acids is 2. The maximum Gasteiger partial charge on any atom is 0.329 e. The average Bonchev–Trinajstić information content (AvgIpc) is 2.55. The molecule has 0 heterocycles. The number of carbonyl (C=O) groups is 2. The van der Waals surface area contributed by atoms with Crippen LogP contribution in [-0.2, 0) is 20.7 Å². The Hall–Kier alpha value is -2.62. The highest BCUT2D eigenvalue weighted by Gasteiger charge is 2.23. The average molecular weight is 311 g/mol. The molecule has 4 heteroatoms. The Morgan fingerprint density at radius 2 is 1.57 bits per heavy atom. The Labute approximate surface area is 136 Å². The third kappa shape index (κ3) is 5.25. The number of rotatable bonds is 6. The summed E-state index contributed by atoms with van der Waals surface area (Å²) in [7, 11) is 0. The second-order valence-corrected chi connectivity index (χ2v) is 5.43. The summed E-state index contributed by atoms with van der Waals surface area (Å²) in [5.74, 6) is -0.685. The van der Waals surface area contributed by atoms with Gasteiger partial charge in [0.1, 0.15) is 12.1 Å². The lowest BCUT2D eigenvalue weighted by Gasteiger charge is -2.20. The molecule has 0 fully saturated rings. The largest absolute Gasteiger partial charge is 0.456 e. The molecule has 0 radical (unpaired) electrons. The lowest BCUT2D eigenvalue weighted by molar-refractivity contribution is -0.152. The minimum Gasteiger partial charge on any atom is -0.456 e. The first-order chi connectivity index (χ1) is 11.1. The van der Waals surface area contributed by atoms with Gasteiger partial charge < -0.3 is 10.1 Å². The molecule has 1 amide bonds. The molecule has 0 aliphatic rings. The maximum atomic E-state index is 12.4. The van der Waals surface area contributed by atoms with E-state index in [-0.39, 0.29) is 12.0 Å². The highest BCUT2D eigenvalue weighted by Crippen LogP contribution is 2.17. The molecule has 120 valence electrons. The number of amides is 1. The van der Waals surface area contributed by atoms with Gasteiger partial charge in [-0.2, -0.15) is 0 Å². The normalized spacial score (nSPS) is 13.0. The number of benzene rings is 2. The van der Waals surface area contributed by atoms with Crippen LogP contribution in [0.1, 0.15) is 31.1 Å². The van der Waals surface area contributed by atoms with Crippen LogP contribution in [0.3, 0.4) is 0 Å². The fourth-order valence-electron chi connectivity index (χ4n) is 2.34. The van der Waals surface area contributed by atoms with Gasteiger partial charge in [0.25, 0.3) is 0 Å². The third-order valence-corrected chi connectivity index (χ3v) is 3.51. The van der Waals surface area contributed by atoms with Gasteiger partial charge in [-0.3, -0.25) is 4.79 Å². The fraction of sp³-hybridized carbons (Fsp3) is 0.263. The second kappa shape index (κ2) is 8.13. The number of esters is 1. The molecule has 0 saturated heterocycles. The first kappa shape index (κ1) is 16.7. The summed E-state index contributed by atoms with van der Waals surface area (Å²) in [6, 6.07) is 18.4. The van der Waals surface area contributed by atoms with Gasteiger partial charge in [-0.15, -0.1) is 0 Å². The summed E-state index contributed by atoms with van der Waals surface area (Å²) < 4.78 is 5.52. The molecule has 0 aliphatic heterocycles. The molecule has 0 bridgehead atoms. The molecule has 0 aliphatic carbocycles. The third-order valence-electron chi connectivity index (χ3n) is 3.51. The van der Waals surface area contributed by atoms with Crippen molar-refractivity contribution in [2.45, 2.75) is 32.4 Å². The van der Waals surface area contributed by atoms with Gasteiger partial charge in [-0.25, -0.2) is 4.79 Å². The Kier molecular flexibility index (Phi) is 5.92. The van der Waals surface area contributed by atoms with E-state index in [2.05, 4.69) is 5.32 Å². The van der Waals surface area contributed by atoms with Crippen LogP contribution < -0.4 is 5.32 Å². The van der Waals surface area contributed by atoms with Crippen molar-refractivity contribution in [3.8, 4) is 0 Å². The van der Waals surface area contributed by atoms with Gasteiger partial charge in [0.2, 0.25) is 5.91 Å². The van der Waals surface area contributed by atoms with E-state index in [1.54, 1.807) is 0 Å². The highest BCUT2D eigenvalue weighted by atomic mass is 16.5. The molecular weight excluding hydrogens is 290 g/mol. The molecule has 2 aromatic carbocycles. The Morgan fingerprint density at radius 3 is 2.13 bits per heavy atom. The predicted octanol–water partition coefficient (Wildman–Crippen LogP) is 3.04. The zero-order chi connectivity index (χ0) is 16.7. The van der Waals surface area contributed by atoms with Crippen molar-refractivity contribution in [1.29, 1.82) is 0 Å². The van der Waals surface area contributed by atoms with Crippen LogP contribution in [0.2, 0.25) is 0 Å². The van der Waals surface area contributed by atoms with Crippen molar-refractivity contribution in [3.05, 3.63) is 71.8 Å². The SMILES string of the molecule is CC(=O)N[C@@H](Cc1ccccc1)C(=O)O[C@H](C)c1ccccc1. The number of hydrogen-bond donors (Lipinski definition) is 1. The minimum atomic E-state index is -0.693. The molecule has 2 rings (SSSR count). The summed E-state index contributed by atoms with van der Waals surface area (Å²) >= 11 is 0. The van der Waals surface area contributed by atoms with E-state index < -0.39 is 12.0 Å². The Bertz CT molecular complexity index is 640. The van der Waals surface area contributed by atoms with E-state index in [1.807, 2.05) is 67.6 Å². The summed E-state index contributed by atoms with van der Waals surface area (Å²) in [5.41, 5.74) is 1.89. The van der Waals surface area contributed by atoms with E-state index >= 15 is 0 Å². The van der Waals surface area contributed by atoms with E-state index in [1.165, 1.54) is 6.92 Å². The highest BCUT2D eigenvalue weighted by molar-refractivity contribution is 5.83. The number of hydrogen-bond acceptors (Lipinski definition) is 3. The van der Waals surface area contributed by atoms with Crippen molar-refractivity contribution in [2.75, 3.05) is 0 Å². The smallest absolute Gasteiger partial charge is 0.329 e. The molecule has 0 saturated carbocycles. The van der Waals surface area contributed by atoms with Crippen LogP contribution in [-0.4, -0.2) is 17.9 Å². The van der Waals surface area contributed by atoms with Crippen LogP contribution >= 0.6 is 0 Å². The van der Waals surface area contributed by atoms with E-state index in [4.69, 9.17) is 4.74 Å². The fourth-order valence-corrected chi connectivity index (χ4v) is 2.34. The minimum absolute atomic E-state index is 0.254. The molecule has 23 heavy (non-hydrogen) atoms. The molecule has 2 aromatic rings. The van der Waals surface area contributed by atoms with Crippen LogP contribution in [0, 0.1) is 0 Å². The standard InChI is InChI=1S/C19H21NO3/c1-14(17-11-7-4-8-12-17)23-19(22)18(20-15(2)21)13-16-9-5-3-6-10-16/h3-12,14,18H,13H2,1-2H3,(H,20,21)/t14-,18+/m1/s1. The molecule has 2 atom stereocenters. The molecule has 0 spiro atoms. The van der Waals surface area contributed by atoms with Gasteiger partial charge in [-0.05, 0) is 18.1 Å². The molecular formula is C19H21NO3. The molecule has 0 aromatic heterocycles. The van der Waals surface area contributed by atoms with E-state index in [9.17, 15) is 9.59 Å². The lowest BCUT2D eigenvalue weighted by Crippen LogP contribution is -2.42. The molecule has 0 unspecified atom stereocenters. The summed E-state index contributed by atoms with van der Waals surface area (Å²) in [4.78, 5) is 23.8. The van der Waals surface area contributed by atoms with Crippen molar-refractivity contribution in [2.24, 2.45) is 0 Å². The van der Waals surface area contributed by atoms with Gasteiger partial charge in [0.15, 0.2) is 0 Å². The zero-order valence-corrected chi connectivity index (χ0v) is 13.4. The van der Waals surface area contributed by atoms with E-state index in [0.717, 1.165) is 11.1 Å². The quantitative estimate of drug-likeness (QED) is 0.834. The van der Waals surface area contributed by atoms with Crippen molar-refractivity contribution >= 4 is 11.9 Å². The van der Waals surface area contributed by atoms with Crippen molar-refractivity contribution in [3.63, 3.8) is 0 Å². The number of ether oxygens (including phenoxy) is 1. The van der Waals surface area contributed by atoms with Crippen LogP contribution in [0.15, 0.2) is 60.7 Å². The second-order valence-electron chi connectivity index (χ2n) is 5.43. The maximum absolute atomic E-state index is 12.4. The molecule has 1 N–H and O–H groups in total. The lowest BCUT2D eigenvalue weighted by atomic mass is 10.1. The van der Waals surface area contributed by atoms with Crippen LogP contribution in [0.4, 0.5) is 0 Å². The Balaban J connectivity index is 2.05. The summed E-state index contributed by atoms with van der Waals surface area (Å²) in [6.07, 6.45) is 0.0385. The topological polar surface area (TPSA) is 55.4 Å². The zero-order valence-electron chi connectivity index (χ0n) is 13.4. The van der Waals surface area contributed by atoms with Crippen LogP contribution in [0.25, 0.3) is 0 Å². The monoisotopic (exact) mass is 311 g/mol.